The molecule has 0 aliphatic heterocycles. The van der Waals surface area contributed by atoms with Gasteiger partial charge in [0.2, 0.25) is 9.05 Å². The van der Waals surface area contributed by atoms with E-state index in [1.54, 1.807) is 0 Å². The van der Waals surface area contributed by atoms with Gasteiger partial charge in [-0.25, -0.2) is 13.2 Å². The van der Waals surface area contributed by atoms with Gasteiger partial charge in [-0.3, -0.25) is 0 Å². The molecule has 1 aliphatic carbocycles. The zero-order chi connectivity index (χ0) is 15.3. The first kappa shape index (κ1) is 16.1. The Kier molecular flexibility index (Phi) is 5.47. The average molecular weight is 332 g/mol. The minimum absolute atomic E-state index is 0.0528. The van der Waals surface area contributed by atoms with Crippen LogP contribution in [-0.2, 0) is 20.4 Å². The summed E-state index contributed by atoms with van der Waals surface area (Å²) in [6.07, 6.45) is 1.65. The highest BCUT2D eigenvalue weighted by molar-refractivity contribution is 8.14. The number of halogens is 1. The molecular weight excluding hydrogens is 314 g/mol. The molecule has 0 bridgehead atoms. The Labute approximate surface area is 129 Å². The number of nitrogens with one attached hydrogen (secondary N) is 1. The molecule has 1 N–H and O–H groups in total. The maximum Gasteiger partial charge on any atom is 0.407 e. The Morgan fingerprint density at radius 1 is 1.19 bits per heavy atom. The van der Waals surface area contributed by atoms with E-state index in [0.29, 0.717) is 25.7 Å². The minimum Gasteiger partial charge on any atom is -0.445 e. The summed E-state index contributed by atoms with van der Waals surface area (Å²) in [5.74, 6) is 0. The maximum absolute atomic E-state index is 11.7. The normalized spacial score (nSPS) is 22.5. The van der Waals surface area contributed by atoms with Crippen LogP contribution in [0.4, 0.5) is 4.79 Å². The molecule has 0 saturated heterocycles. The molecule has 0 spiro atoms. The first-order valence-corrected chi connectivity index (χ1v) is 9.23. The van der Waals surface area contributed by atoms with Gasteiger partial charge in [0, 0.05) is 16.7 Å². The van der Waals surface area contributed by atoms with Gasteiger partial charge in [0.1, 0.15) is 6.61 Å². The number of alkyl carbamates (subject to hydrolysis) is 1. The van der Waals surface area contributed by atoms with E-state index in [1.165, 1.54) is 0 Å². The molecule has 1 aliphatic rings. The lowest BCUT2D eigenvalue weighted by molar-refractivity contribution is 0.133. The smallest absolute Gasteiger partial charge is 0.407 e. The highest BCUT2D eigenvalue weighted by atomic mass is 35.7. The summed E-state index contributed by atoms with van der Waals surface area (Å²) >= 11 is 0. The van der Waals surface area contributed by atoms with Crippen molar-refractivity contribution in [1.29, 1.82) is 0 Å². The summed E-state index contributed by atoms with van der Waals surface area (Å²) in [6.45, 7) is 0.220. The third-order valence-corrected chi connectivity index (χ3v) is 5.63. The van der Waals surface area contributed by atoms with Crippen molar-refractivity contribution in [3.8, 4) is 0 Å². The van der Waals surface area contributed by atoms with Gasteiger partial charge in [-0.15, -0.1) is 0 Å². The zero-order valence-corrected chi connectivity index (χ0v) is 13.1. The second kappa shape index (κ2) is 7.13. The fraction of sp³-hybridized carbons (Fsp3) is 0.500. The van der Waals surface area contributed by atoms with Crippen molar-refractivity contribution in [3.63, 3.8) is 0 Å². The lowest BCUT2D eigenvalue weighted by Crippen LogP contribution is -2.39. The highest BCUT2D eigenvalue weighted by Crippen LogP contribution is 2.26. The lowest BCUT2D eigenvalue weighted by Gasteiger charge is -2.26. The van der Waals surface area contributed by atoms with E-state index >= 15 is 0 Å². The molecule has 2 rings (SSSR count). The number of carbonyl (C=O) groups excluding carboxylic acids is 1. The van der Waals surface area contributed by atoms with E-state index in [-0.39, 0.29) is 12.6 Å². The molecule has 0 unspecified atom stereocenters. The van der Waals surface area contributed by atoms with Crippen LogP contribution in [0.2, 0.25) is 0 Å². The molecule has 7 heteroatoms. The topological polar surface area (TPSA) is 72.5 Å². The fourth-order valence-electron chi connectivity index (χ4n) is 2.42. The van der Waals surface area contributed by atoms with Gasteiger partial charge in [0.15, 0.2) is 0 Å². The minimum atomic E-state index is -3.50. The largest absolute Gasteiger partial charge is 0.445 e. The van der Waals surface area contributed by atoms with Crippen molar-refractivity contribution in [1.82, 2.24) is 5.32 Å². The molecule has 21 heavy (non-hydrogen) atoms. The Bertz CT molecular complexity index is 568. The third kappa shape index (κ3) is 5.21. The molecule has 0 heterocycles. The van der Waals surface area contributed by atoms with Crippen LogP contribution in [0, 0.1) is 0 Å². The molecule has 0 aromatic heterocycles. The van der Waals surface area contributed by atoms with Gasteiger partial charge >= 0.3 is 6.09 Å². The first-order valence-electron chi connectivity index (χ1n) is 6.86. The Balaban J connectivity index is 1.72. The summed E-state index contributed by atoms with van der Waals surface area (Å²) in [4.78, 5) is 11.7. The van der Waals surface area contributed by atoms with E-state index in [2.05, 4.69) is 5.32 Å². The third-order valence-electron chi connectivity index (χ3n) is 3.61. The van der Waals surface area contributed by atoms with Crippen molar-refractivity contribution in [2.24, 2.45) is 0 Å². The van der Waals surface area contributed by atoms with Crippen molar-refractivity contribution in [3.05, 3.63) is 35.9 Å². The van der Waals surface area contributed by atoms with Crippen LogP contribution in [0.5, 0.6) is 0 Å². The molecule has 116 valence electrons. The zero-order valence-electron chi connectivity index (χ0n) is 11.5. The van der Waals surface area contributed by atoms with Gasteiger partial charge in [0.05, 0.1) is 5.25 Å². The van der Waals surface area contributed by atoms with Crippen molar-refractivity contribution < 1.29 is 17.9 Å². The molecule has 0 atom stereocenters. The number of amides is 1. The van der Waals surface area contributed by atoms with Gasteiger partial charge in [-0.1, -0.05) is 30.3 Å². The number of ether oxygens (including phenoxy) is 1. The monoisotopic (exact) mass is 331 g/mol. The van der Waals surface area contributed by atoms with E-state index in [9.17, 15) is 13.2 Å². The molecule has 5 nitrogen and oxygen atoms in total. The second-order valence-electron chi connectivity index (χ2n) is 5.16. The lowest BCUT2D eigenvalue weighted by atomic mass is 9.95. The van der Waals surface area contributed by atoms with Crippen LogP contribution in [0.15, 0.2) is 30.3 Å². The van der Waals surface area contributed by atoms with E-state index in [0.717, 1.165) is 5.56 Å². The average Bonchev–Trinajstić information content (AvgIpc) is 2.46. The summed E-state index contributed by atoms with van der Waals surface area (Å²) in [5.41, 5.74) is 0.921. The van der Waals surface area contributed by atoms with Gasteiger partial charge in [0.25, 0.3) is 0 Å². The van der Waals surface area contributed by atoms with Crippen molar-refractivity contribution in [2.45, 2.75) is 43.6 Å². The first-order chi connectivity index (χ1) is 9.95. The van der Waals surface area contributed by atoms with Crippen LogP contribution in [-0.4, -0.2) is 25.8 Å². The van der Waals surface area contributed by atoms with Gasteiger partial charge in [-0.05, 0) is 31.2 Å². The molecule has 1 amide bonds. The Morgan fingerprint density at radius 3 is 2.38 bits per heavy atom. The van der Waals surface area contributed by atoms with Crippen LogP contribution in [0.25, 0.3) is 0 Å². The van der Waals surface area contributed by atoms with Crippen LogP contribution in [0.1, 0.15) is 31.2 Å². The molecular formula is C14H18ClNO4S. The van der Waals surface area contributed by atoms with Crippen LogP contribution < -0.4 is 5.32 Å². The molecule has 0 radical (unpaired) electrons. The fourth-order valence-corrected chi connectivity index (χ4v) is 3.79. The standard InChI is InChI=1S/C14H18ClNO4S/c15-21(18,19)13-8-6-12(7-9-13)16-14(17)20-10-11-4-2-1-3-5-11/h1-5,12-13H,6-10H2,(H,16,17). The Hall–Kier alpha value is -1.27. The van der Waals surface area contributed by atoms with E-state index < -0.39 is 20.4 Å². The number of hydrogen-bond acceptors (Lipinski definition) is 4. The SMILES string of the molecule is O=C(NC1CCC(S(=O)(=O)Cl)CC1)OCc1ccccc1. The quantitative estimate of drug-likeness (QED) is 0.861. The van der Waals surface area contributed by atoms with Crippen molar-refractivity contribution in [2.75, 3.05) is 0 Å². The molecule has 1 aromatic rings. The Morgan fingerprint density at radius 2 is 1.81 bits per heavy atom. The van der Waals surface area contributed by atoms with Crippen LogP contribution in [0.3, 0.4) is 0 Å². The number of carbonyl (C=O) groups is 1. The van der Waals surface area contributed by atoms with Gasteiger partial charge < -0.3 is 10.1 Å². The maximum atomic E-state index is 11.7. The summed E-state index contributed by atoms with van der Waals surface area (Å²) in [7, 11) is 1.85. The second-order valence-corrected chi connectivity index (χ2v) is 8.06. The van der Waals surface area contributed by atoms with E-state index in [1.807, 2.05) is 30.3 Å². The summed E-state index contributed by atoms with van der Waals surface area (Å²) in [6, 6.07) is 9.36. The predicted octanol–water partition coefficient (Wildman–Crippen LogP) is 2.79. The van der Waals surface area contributed by atoms with Gasteiger partial charge in [-0.2, -0.15) is 0 Å². The van der Waals surface area contributed by atoms with Crippen LogP contribution >= 0.6 is 10.7 Å². The number of benzene rings is 1. The summed E-state index contributed by atoms with van der Waals surface area (Å²) < 4.78 is 27.6. The molecule has 1 fully saturated rings. The number of hydrogen-bond donors (Lipinski definition) is 1. The summed E-state index contributed by atoms with van der Waals surface area (Å²) in [5, 5.41) is 2.26. The molecule has 1 aromatic carbocycles. The predicted molar refractivity (Wildman–Crippen MR) is 80.6 cm³/mol. The van der Waals surface area contributed by atoms with E-state index in [4.69, 9.17) is 15.4 Å². The number of rotatable bonds is 4. The molecule has 1 saturated carbocycles. The highest BCUT2D eigenvalue weighted by Gasteiger charge is 2.30. The van der Waals surface area contributed by atoms with Crippen molar-refractivity contribution >= 4 is 25.8 Å².